The van der Waals surface area contributed by atoms with E-state index in [2.05, 4.69) is 7.05 Å². The fourth-order valence-corrected chi connectivity index (χ4v) is 5.67. The molecule has 4 rings (SSSR count). The van der Waals surface area contributed by atoms with E-state index in [1.165, 1.54) is 38.8 Å². The molecule has 1 aromatic carbocycles. The van der Waals surface area contributed by atoms with Crippen molar-refractivity contribution in [3.8, 4) is 5.75 Å². The van der Waals surface area contributed by atoms with Gasteiger partial charge in [-0.3, -0.25) is 9.59 Å². The van der Waals surface area contributed by atoms with Gasteiger partial charge in [0.25, 0.3) is 0 Å². The van der Waals surface area contributed by atoms with Crippen molar-refractivity contribution in [3.63, 3.8) is 0 Å². The minimum atomic E-state index is -0.645. The second kappa shape index (κ2) is 8.34. The molecule has 0 saturated carbocycles. The van der Waals surface area contributed by atoms with Crippen LogP contribution in [0.15, 0.2) is 24.3 Å². The van der Waals surface area contributed by atoms with Crippen LogP contribution in [0.4, 0.5) is 0 Å². The number of methoxy groups -OCH3 is 1. The first-order chi connectivity index (χ1) is 14.0. The monoisotopic (exact) mass is 402 g/mol. The molecule has 6 nitrogen and oxygen atoms in total. The zero-order valence-corrected chi connectivity index (χ0v) is 17.5. The normalized spacial score (nSPS) is 34.2. The standard InChI is InChI=1S/C23H32NO5/c1-24-12-6-5-10-19(24)16(8-7-13-24)15-28-23(26)18-14-21(25)29-22(18)17-9-3-4-11-20(17)27-2/h3-4,9,11,16,18-19,22H,5-8,10,12-15H2,1-2H3/q+1/t16-,18+,19+,22+,24+/m0/s1. The van der Waals surface area contributed by atoms with Gasteiger partial charge in [0.2, 0.25) is 0 Å². The zero-order valence-electron chi connectivity index (χ0n) is 17.5. The van der Waals surface area contributed by atoms with Gasteiger partial charge in [-0.15, -0.1) is 0 Å². The van der Waals surface area contributed by atoms with Gasteiger partial charge < -0.3 is 18.7 Å². The van der Waals surface area contributed by atoms with Crippen LogP contribution < -0.4 is 4.74 Å². The topological polar surface area (TPSA) is 61.8 Å². The minimum absolute atomic E-state index is 0.0589. The van der Waals surface area contributed by atoms with Crippen LogP contribution in [0.1, 0.15) is 50.2 Å². The summed E-state index contributed by atoms with van der Waals surface area (Å²) in [7, 11) is 3.93. The van der Waals surface area contributed by atoms with Crippen LogP contribution in [0.2, 0.25) is 0 Å². The Bertz CT molecular complexity index is 761. The lowest BCUT2D eigenvalue weighted by Crippen LogP contribution is -2.61. The molecule has 3 aliphatic heterocycles. The van der Waals surface area contributed by atoms with Crippen LogP contribution >= 0.6 is 0 Å². The van der Waals surface area contributed by atoms with Gasteiger partial charge in [-0.1, -0.05) is 18.2 Å². The summed E-state index contributed by atoms with van der Waals surface area (Å²) in [5.74, 6) is -0.290. The Labute approximate surface area is 172 Å². The first kappa shape index (κ1) is 20.2. The third-order valence-corrected chi connectivity index (χ3v) is 7.21. The van der Waals surface area contributed by atoms with E-state index >= 15 is 0 Å². The summed E-state index contributed by atoms with van der Waals surface area (Å²) in [6.07, 6.45) is 5.49. The van der Waals surface area contributed by atoms with Gasteiger partial charge in [0.1, 0.15) is 17.8 Å². The van der Waals surface area contributed by atoms with Crippen molar-refractivity contribution in [2.45, 2.75) is 50.7 Å². The van der Waals surface area contributed by atoms with Crippen molar-refractivity contribution in [1.29, 1.82) is 0 Å². The molecule has 0 aromatic heterocycles. The van der Waals surface area contributed by atoms with E-state index in [4.69, 9.17) is 14.2 Å². The molecule has 0 N–H and O–H groups in total. The highest BCUT2D eigenvalue weighted by atomic mass is 16.6. The highest BCUT2D eigenvalue weighted by Gasteiger charge is 2.46. The van der Waals surface area contributed by atoms with Crippen molar-refractivity contribution in [2.75, 3.05) is 33.9 Å². The van der Waals surface area contributed by atoms with Crippen molar-refractivity contribution >= 4 is 11.9 Å². The molecule has 0 bridgehead atoms. The Morgan fingerprint density at radius 2 is 1.97 bits per heavy atom. The fourth-order valence-electron chi connectivity index (χ4n) is 5.67. The van der Waals surface area contributed by atoms with Crippen LogP contribution in [0, 0.1) is 11.8 Å². The van der Waals surface area contributed by atoms with Crippen LogP contribution in [0.5, 0.6) is 5.75 Å². The SMILES string of the molecule is COc1ccccc1[C@H]1OC(=O)C[C@H]1C(=O)OC[C@@H]1CCC[N@@+]2(C)CCCC[C@H]12. The van der Waals surface area contributed by atoms with E-state index in [1.807, 2.05) is 24.3 Å². The summed E-state index contributed by atoms with van der Waals surface area (Å²) >= 11 is 0. The summed E-state index contributed by atoms with van der Waals surface area (Å²) in [5.41, 5.74) is 0.719. The largest absolute Gasteiger partial charge is 0.496 e. The van der Waals surface area contributed by atoms with E-state index in [1.54, 1.807) is 7.11 Å². The number of fused-ring (bicyclic) bond motifs is 1. The van der Waals surface area contributed by atoms with Gasteiger partial charge >= 0.3 is 11.9 Å². The van der Waals surface area contributed by atoms with Crippen LogP contribution in [-0.4, -0.2) is 56.3 Å². The minimum Gasteiger partial charge on any atom is -0.496 e. The summed E-state index contributed by atoms with van der Waals surface area (Å²) in [4.78, 5) is 25.0. The van der Waals surface area contributed by atoms with E-state index in [0.717, 1.165) is 16.5 Å². The Hall–Kier alpha value is -2.08. The van der Waals surface area contributed by atoms with E-state index in [0.29, 0.717) is 24.3 Å². The zero-order chi connectivity index (χ0) is 20.4. The maximum absolute atomic E-state index is 13.0. The molecule has 29 heavy (non-hydrogen) atoms. The van der Waals surface area contributed by atoms with Crippen LogP contribution in [-0.2, 0) is 19.1 Å². The molecule has 3 fully saturated rings. The molecule has 0 spiro atoms. The second-order valence-electron chi connectivity index (χ2n) is 8.99. The van der Waals surface area contributed by atoms with Crippen molar-refractivity contribution in [3.05, 3.63) is 29.8 Å². The Morgan fingerprint density at radius 3 is 2.79 bits per heavy atom. The van der Waals surface area contributed by atoms with E-state index in [9.17, 15) is 9.59 Å². The predicted octanol–water partition coefficient (Wildman–Crippen LogP) is 3.25. The first-order valence-electron chi connectivity index (χ1n) is 10.8. The molecule has 3 aliphatic rings. The molecule has 0 aliphatic carbocycles. The third-order valence-electron chi connectivity index (χ3n) is 7.21. The highest BCUT2D eigenvalue weighted by Crippen LogP contribution is 2.41. The van der Waals surface area contributed by atoms with Crippen molar-refractivity contribution in [2.24, 2.45) is 11.8 Å². The number of esters is 2. The lowest BCUT2D eigenvalue weighted by Gasteiger charge is -2.51. The van der Waals surface area contributed by atoms with Gasteiger partial charge in [-0.05, 0) is 31.7 Å². The smallest absolute Gasteiger partial charge is 0.313 e. The molecule has 158 valence electrons. The van der Waals surface area contributed by atoms with E-state index in [-0.39, 0.29) is 18.4 Å². The molecular formula is C23H32NO5+. The Balaban J connectivity index is 1.44. The first-order valence-corrected chi connectivity index (χ1v) is 10.8. The van der Waals surface area contributed by atoms with Crippen molar-refractivity contribution < 1.29 is 28.3 Å². The van der Waals surface area contributed by atoms with Crippen molar-refractivity contribution in [1.82, 2.24) is 0 Å². The molecule has 0 unspecified atom stereocenters. The number of benzene rings is 1. The average molecular weight is 403 g/mol. The van der Waals surface area contributed by atoms with Crippen LogP contribution in [0.3, 0.4) is 0 Å². The molecule has 0 amide bonds. The number of carbonyl (C=O) groups is 2. The molecule has 1 aromatic rings. The summed E-state index contributed by atoms with van der Waals surface area (Å²) in [6, 6.07) is 7.95. The molecular weight excluding hydrogens is 370 g/mol. The van der Waals surface area contributed by atoms with Gasteiger partial charge in [0.15, 0.2) is 0 Å². The number of cyclic esters (lactones) is 1. The number of hydrogen-bond acceptors (Lipinski definition) is 5. The number of rotatable bonds is 5. The second-order valence-corrected chi connectivity index (χ2v) is 8.99. The molecule has 6 heteroatoms. The van der Waals surface area contributed by atoms with Gasteiger partial charge in [-0.25, -0.2) is 0 Å². The summed E-state index contributed by atoms with van der Waals surface area (Å²) < 4.78 is 17.8. The number of carbonyl (C=O) groups excluding carboxylic acids is 2. The number of piperidine rings is 2. The average Bonchev–Trinajstić information content (AvgIpc) is 3.13. The molecule has 0 radical (unpaired) electrons. The fraction of sp³-hybridized carbons (Fsp3) is 0.652. The lowest BCUT2D eigenvalue weighted by molar-refractivity contribution is -0.947. The predicted molar refractivity (Wildman–Crippen MR) is 107 cm³/mol. The summed E-state index contributed by atoms with van der Waals surface area (Å²) in [6.45, 7) is 2.91. The number of hydrogen-bond donors (Lipinski definition) is 0. The summed E-state index contributed by atoms with van der Waals surface area (Å²) in [5, 5.41) is 0. The molecule has 3 heterocycles. The maximum Gasteiger partial charge on any atom is 0.313 e. The Morgan fingerprint density at radius 1 is 1.17 bits per heavy atom. The maximum atomic E-state index is 13.0. The van der Waals surface area contributed by atoms with E-state index < -0.39 is 12.0 Å². The Kier molecular flexibility index (Phi) is 5.81. The lowest BCUT2D eigenvalue weighted by atomic mass is 9.82. The van der Waals surface area contributed by atoms with Gasteiger partial charge in [-0.2, -0.15) is 0 Å². The third kappa shape index (κ3) is 4.00. The number of quaternary nitrogens is 1. The number of para-hydroxylation sites is 1. The van der Waals surface area contributed by atoms with Gasteiger partial charge in [0.05, 0.1) is 46.3 Å². The molecule has 3 saturated heterocycles. The van der Waals surface area contributed by atoms with Gasteiger partial charge in [0, 0.05) is 17.9 Å². The number of nitrogens with zero attached hydrogens (tertiary/aromatic N) is 1. The molecule has 5 atom stereocenters. The number of ether oxygens (including phenoxy) is 3. The quantitative estimate of drug-likeness (QED) is 0.559. The van der Waals surface area contributed by atoms with Crippen LogP contribution in [0.25, 0.3) is 0 Å². The highest BCUT2D eigenvalue weighted by molar-refractivity contribution is 5.84.